The Bertz CT molecular complexity index is 916. The second-order valence-corrected chi connectivity index (χ2v) is 7.80. The molecule has 3 aromatic rings. The smallest absolute Gasteiger partial charge is 0.154 e. The Morgan fingerprint density at radius 1 is 1.08 bits per heavy atom. The molecule has 0 radical (unpaired) electrons. The van der Waals surface area contributed by atoms with Gasteiger partial charge in [-0.25, -0.2) is 4.98 Å². The number of hydrogen-bond donors (Lipinski definition) is 0. The van der Waals surface area contributed by atoms with Gasteiger partial charge in [0.15, 0.2) is 11.9 Å². The van der Waals surface area contributed by atoms with Gasteiger partial charge in [-0.05, 0) is 50.1 Å². The highest BCUT2D eigenvalue weighted by Crippen LogP contribution is 2.36. The van der Waals surface area contributed by atoms with Gasteiger partial charge in [-0.2, -0.15) is 0 Å². The summed E-state index contributed by atoms with van der Waals surface area (Å²) >= 11 is 12.3. The van der Waals surface area contributed by atoms with Crippen molar-refractivity contribution in [1.29, 1.82) is 0 Å². The molecule has 0 aliphatic heterocycles. The van der Waals surface area contributed by atoms with Crippen LogP contribution in [-0.4, -0.2) is 9.55 Å². The minimum absolute atomic E-state index is 0.206. The molecule has 4 rings (SSSR count). The van der Waals surface area contributed by atoms with Crippen LogP contribution in [0.2, 0.25) is 10.0 Å². The molecule has 0 saturated heterocycles. The average molecular weight is 389 g/mol. The number of aromatic nitrogens is 2. The molecule has 1 unspecified atom stereocenters. The lowest BCUT2D eigenvalue weighted by Crippen LogP contribution is -2.19. The van der Waals surface area contributed by atoms with E-state index in [1.165, 1.54) is 37.6 Å². The molecular formula is C21H22Cl2N2O. The summed E-state index contributed by atoms with van der Waals surface area (Å²) in [5.41, 5.74) is 2.21. The van der Waals surface area contributed by atoms with E-state index in [4.69, 9.17) is 32.9 Å². The number of ether oxygens (including phenoxy) is 1. The third-order valence-electron chi connectivity index (χ3n) is 5.12. The topological polar surface area (TPSA) is 27.1 Å². The summed E-state index contributed by atoms with van der Waals surface area (Å²) in [6.45, 7) is 2.03. The second-order valence-electron chi connectivity index (χ2n) is 6.96. The molecule has 136 valence electrons. The molecular weight excluding hydrogens is 367 g/mol. The van der Waals surface area contributed by atoms with Gasteiger partial charge >= 0.3 is 0 Å². The van der Waals surface area contributed by atoms with Gasteiger partial charge in [0, 0.05) is 11.1 Å². The van der Waals surface area contributed by atoms with E-state index in [1.807, 2.05) is 19.1 Å². The molecule has 1 aliphatic carbocycles. The summed E-state index contributed by atoms with van der Waals surface area (Å²) in [7, 11) is 0. The summed E-state index contributed by atoms with van der Waals surface area (Å²) in [6.07, 6.45) is 6.06. The van der Waals surface area contributed by atoms with Crippen LogP contribution in [0, 0.1) is 0 Å². The molecule has 0 amide bonds. The third kappa shape index (κ3) is 3.43. The van der Waals surface area contributed by atoms with Crippen LogP contribution in [-0.2, 0) is 0 Å². The first kappa shape index (κ1) is 17.7. The molecule has 1 saturated carbocycles. The van der Waals surface area contributed by atoms with Gasteiger partial charge in [-0.3, -0.25) is 0 Å². The Balaban J connectivity index is 1.72. The van der Waals surface area contributed by atoms with Crippen LogP contribution < -0.4 is 4.74 Å². The molecule has 1 atom stereocenters. The highest BCUT2D eigenvalue weighted by Gasteiger charge is 2.25. The van der Waals surface area contributed by atoms with Crippen molar-refractivity contribution in [2.75, 3.05) is 0 Å². The minimum Gasteiger partial charge on any atom is -0.481 e. The fraction of sp³-hybridized carbons (Fsp3) is 0.381. The van der Waals surface area contributed by atoms with E-state index in [1.54, 1.807) is 12.1 Å². The van der Waals surface area contributed by atoms with E-state index in [9.17, 15) is 0 Å². The zero-order valence-electron chi connectivity index (χ0n) is 14.8. The number of halogens is 2. The summed E-state index contributed by atoms with van der Waals surface area (Å²) < 4.78 is 8.57. The number of nitrogens with zero attached hydrogens (tertiary/aromatic N) is 2. The molecule has 3 nitrogen and oxygen atoms in total. The van der Waals surface area contributed by atoms with Crippen molar-refractivity contribution < 1.29 is 4.74 Å². The summed E-state index contributed by atoms with van der Waals surface area (Å²) in [4.78, 5) is 4.90. The van der Waals surface area contributed by atoms with Crippen LogP contribution >= 0.6 is 23.2 Å². The molecule has 1 heterocycles. The van der Waals surface area contributed by atoms with Crippen molar-refractivity contribution in [2.45, 2.75) is 51.2 Å². The highest BCUT2D eigenvalue weighted by molar-refractivity contribution is 6.35. The maximum absolute atomic E-state index is 6.29. The van der Waals surface area contributed by atoms with Crippen molar-refractivity contribution in [1.82, 2.24) is 9.55 Å². The highest BCUT2D eigenvalue weighted by atomic mass is 35.5. The monoisotopic (exact) mass is 388 g/mol. The van der Waals surface area contributed by atoms with Crippen molar-refractivity contribution in [3.63, 3.8) is 0 Å². The van der Waals surface area contributed by atoms with Crippen LogP contribution in [0.1, 0.15) is 57.0 Å². The third-order valence-corrected chi connectivity index (χ3v) is 5.65. The average Bonchev–Trinajstić information content (AvgIpc) is 3.04. The Hall–Kier alpha value is -1.71. The fourth-order valence-corrected chi connectivity index (χ4v) is 4.34. The number of imidazole rings is 1. The van der Waals surface area contributed by atoms with Gasteiger partial charge in [0.1, 0.15) is 5.75 Å². The van der Waals surface area contributed by atoms with Crippen molar-refractivity contribution in [3.8, 4) is 5.75 Å². The summed E-state index contributed by atoms with van der Waals surface area (Å²) in [6, 6.07) is 14.1. The zero-order chi connectivity index (χ0) is 18.1. The quantitative estimate of drug-likeness (QED) is 0.481. The normalized spacial score (nSPS) is 16.7. The van der Waals surface area contributed by atoms with E-state index in [0.717, 1.165) is 11.3 Å². The van der Waals surface area contributed by atoms with E-state index in [0.29, 0.717) is 21.8 Å². The molecule has 1 aromatic heterocycles. The molecule has 0 N–H and O–H groups in total. The lowest BCUT2D eigenvalue weighted by Gasteiger charge is -2.27. The van der Waals surface area contributed by atoms with Gasteiger partial charge in [0.05, 0.1) is 16.1 Å². The predicted octanol–water partition coefficient (Wildman–Crippen LogP) is 6.99. The first-order valence-corrected chi connectivity index (χ1v) is 9.97. The van der Waals surface area contributed by atoms with E-state index < -0.39 is 0 Å². The van der Waals surface area contributed by atoms with Crippen molar-refractivity contribution in [3.05, 3.63) is 58.3 Å². The van der Waals surface area contributed by atoms with E-state index >= 15 is 0 Å². The molecule has 0 spiro atoms. The standard InChI is InChI=1S/C21H22Cl2N2O/c1-14(26-20-12-11-15(22)13-17(20)23)21-24-18-9-5-6-10-19(18)25(21)16-7-3-2-4-8-16/h5-6,9-14,16H,2-4,7-8H2,1H3. The molecule has 1 fully saturated rings. The number of rotatable bonds is 4. The first-order chi connectivity index (χ1) is 12.6. The maximum Gasteiger partial charge on any atom is 0.154 e. The van der Waals surface area contributed by atoms with Crippen molar-refractivity contribution in [2.24, 2.45) is 0 Å². The fourth-order valence-electron chi connectivity index (χ4n) is 3.89. The van der Waals surface area contributed by atoms with Gasteiger partial charge in [-0.15, -0.1) is 0 Å². The van der Waals surface area contributed by atoms with Crippen LogP contribution in [0.15, 0.2) is 42.5 Å². The van der Waals surface area contributed by atoms with Gasteiger partial charge in [-0.1, -0.05) is 54.6 Å². The van der Waals surface area contributed by atoms with Gasteiger partial charge < -0.3 is 9.30 Å². The molecule has 0 bridgehead atoms. The van der Waals surface area contributed by atoms with E-state index in [-0.39, 0.29) is 6.10 Å². The zero-order valence-corrected chi connectivity index (χ0v) is 16.3. The largest absolute Gasteiger partial charge is 0.481 e. The number of benzene rings is 2. The summed E-state index contributed by atoms with van der Waals surface area (Å²) in [5.74, 6) is 1.59. The Morgan fingerprint density at radius 3 is 2.62 bits per heavy atom. The number of fused-ring (bicyclic) bond motifs is 1. The number of para-hydroxylation sites is 2. The SMILES string of the molecule is CC(Oc1ccc(Cl)cc1Cl)c1nc2ccccc2n1C1CCCCC1. The maximum atomic E-state index is 6.29. The molecule has 2 aromatic carbocycles. The molecule has 1 aliphatic rings. The van der Waals surface area contributed by atoms with Crippen molar-refractivity contribution >= 4 is 34.2 Å². The van der Waals surface area contributed by atoms with Gasteiger partial charge in [0.2, 0.25) is 0 Å². The van der Waals surface area contributed by atoms with Crippen LogP contribution in [0.25, 0.3) is 11.0 Å². The lowest BCUT2D eigenvalue weighted by atomic mass is 9.95. The molecule has 26 heavy (non-hydrogen) atoms. The Morgan fingerprint density at radius 2 is 1.85 bits per heavy atom. The van der Waals surface area contributed by atoms with Crippen LogP contribution in [0.3, 0.4) is 0 Å². The minimum atomic E-state index is -0.206. The number of hydrogen-bond acceptors (Lipinski definition) is 2. The Labute approximate surface area is 163 Å². The van der Waals surface area contributed by atoms with Crippen LogP contribution in [0.5, 0.6) is 5.75 Å². The van der Waals surface area contributed by atoms with Gasteiger partial charge in [0.25, 0.3) is 0 Å². The molecule has 5 heteroatoms. The van der Waals surface area contributed by atoms with E-state index in [2.05, 4.69) is 22.8 Å². The second kappa shape index (κ2) is 7.50. The predicted molar refractivity (Wildman–Crippen MR) is 107 cm³/mol. The summed E-state index contributed by atoms with van der Waals surface area (Å²) in [5, 5.41) is 1.12. The Kier molecular flexibility index (Phi) is 5.10. The lowest BCUT2D eigenvalue weighted by molar-refractivity contribution is 0.204. The first-order valence-electron chi connectivity index (χ1n) is 9.22. The van der Waals surface area contributed by atoms with Crippen LogP contribution in [0.4, 0.5) is 0 Å².